The summed E-state index contributed by atoms with van der Waals surface area (Å²) in [6, 6.07) is 0. The van der Waals surface area contributed by atoms with Crippen LogP contribution in [-0.4, -0.2) is 40.6 Å². The predicted octanol–water partition coefficient (Wildman–Crippen LogP) is 1.68. The summed E-state index contributed by atoms with van der Waals surface area (Å²) in [7, 11) is 0.446. The second kappa shape index (κ2) is 9.46. The van der Waals surface area contributed by atoms with Gasteiger partial charge in [-0.3, -0.25) is 0 Å². The maximum atomic E-state index is 9.10. The van der Waals surface area contributed by atoms with E-state index >= 15 is 0 Å². The summed E-state index contributed by atoms with van der Waals surface area (Å²) in [6.07, 6.45) is 4.26. The Balaban J connectivity index is 0. The number of carboxylic acids is 2. The number of carbonyl (C=O) groups is 2. The zero-order chi connectivity index (χ0) is 10.9. The van der Waals surface area contributed by atoms with Crippen molar-refractivity contribution in [2.24, 2.45) is 0 Å². The van der Waals surface area contributed by atoms with Crippen LogP contribution in [0.1, 0.15) is 20.8 Å². The normalized spacial score (nSPS) is 8.92. The van der Waals surface area contributed by atoms with E-state index in [0.717, 1.165) is 0 Å². The Hall–Kier alpha value is -0.630. The Morgan fingerprint density at radius 2 is 1.15 bits per heavy atom. The molecular formula is C8H17O4P. The second-order valence-electron chi connectivity index (χ2n) is 2.23. The lowest BCUT2D eigenvalue weighted by Gasteiger charge is -2.07. The van der Waals surface area contributed by atoms with Crippen LogP contribution >= 0.6 is 7.92 Å². The molecule has 0 aromatic heterocycles. The molecule has 0 rings (SSSR count). The third-order valence-corrected chi connectivity index (χ3v) is 4.21. The fourth-order valence-corrected chi connectivity index (χ4v) is 2.01. The molecule has 0 aliphatic heterocycles. The van der Waals surface area contributed by atoms with Crippen LogP contribution in [0.2, 0.25) is 0 Å². The van der Waals surface area contributed by atoms with E-state index in [4.69, 9.17) is 19.8 Å². The molecular weight excluding hydrogens is 191 g/mol. The number of rotatable bonds is 3. The highest BCUT2D eigenvalue weighted by atomic mass is 31.1. The van der Waals surface area contributed by atoms with Gasteiger partial charge in [-0.15, -0.1) is 7.92 Å². The van der Waals surface area contributed by atoms with Crippen molar-refractivity contribution in [1.82, 2.24) is 0 Å². The number of carboxylic acid groups (broad SMARTS) is 2. The maximum absolute atomic E-state index is 9.10. The smallest absolute Gasteiger partial charge is 0.414 e. The Kier molecular flexibility index (Phi) is 10.8. The Labute approximate surface area is 79.7 Å². The maximum Gasteiger partial charge on any atom is 0.414 e. The molecule has 0 saturated carbocycles. The largest absolute Gasteiger partial charge is 0.473 e. The van der Waals surface area contributed by atoms with Crippen LogP contribution in [0.5, 0.6) is 0 Å². The number of hydrogen-bond donors (Lipinski definition) is 2. The van der Waals surface area contributed by atoms with E-state index in [9.17, 15) is 0 Å². The van der Waals surface area contributed by atoms with E-state index in [1.165, 1.54) is 18.5 Å². The summed E-state index contributed by atoms with van der Waals surface area (Å²) in [6.45, 7) is 6.87. The van der Waals surface area contributed by atoms with Gasteiger partial charge in [-0.05, 0) is 18.5 Å². The minimum absolute atomic E-state index is 0.446. The van der Waals surface area contributed by atoms with Gasteiger partial charge in [0.05, 0.1) is 0 Å². The first-order chi connectivity index (χ1) is 5.99. The van der Waals surface area contributed by atoms with Gasteiger partial charge in [0, 0.05) is 0 Å². The predicted molar refractivity (Wildman–Crippen MR) is 53.8 cm³/mol. The molecule has 0 aliphatic rings. The fourth-order valence-electron chi connectivity index (χ4n) is 0.671. The third kappa shape index (κ3) is 11.4. The number of hydrogen-bond acceptors (Lipinski definition) is 2. The highest BCUT2D eigenvalue weighted by Gasteiger charge is 2.04. The standard InChI is InChI=1S/C6H15P.C2H2O4/c1-4-7(5-2)6-3;3-1(4)2(5)6/h4-6H2,1-3H3;(H,3,4)(H,5,6). The molecule has 4 nitrogen and oxygen atoms in total. The van der Waals surface area contributed by atoms with E-state index in [1.807, 2.05) is 0 Å². The van der Waals surface area contributed by atoms with Gasteiger partial charge >= 0.3 is 11.9 Å². The van der Waals surface area contributed by atoms with Crippen LogP contribution in [0.15, 0.2) is 0 Å². The molecule has 13 heavy (non-hydrogen) atoms. The topological polar surface area (TPSA) is 74.6 Å². The summed E-state index contributed by atoms with van der Waals surface area (Å²) in [4.78, 5) is 18.2. The lowest BCUT2D eigenvalue weighted by molar-refractivity contribution is -0.159. The van der Waals surface area contributed by atoms with Gasteiger partial charge in [0.25, 0.3) is 0 Å². The van der Waals surface area contributed by atoms with Crippen molar-refractivity contribution >= 4 is 19.9 Å². The number of aliphatic carboxylic acids is 2. The van der Waals surface area contributed by atoms with Gasteiger partial charge in [0.2, 0.25) is 0 Å². The molecule has 0 fully saturated rings. The molecule has 0 aromatic carbocycles. The molecule has 0 spiro atoms. The highest BCUT2D eigenvalue weighted by molar-refractivity contribution is 7.57. The van der Waals surface area contributed by atoms with Gasteiger partial charge in [0.1, 0.15) is 0 Å². The third-order valence-electron chi connectivity index (χ3n) is 1.52. The average Bonchev–Trinajstić information content (AvgIpc) is 2.08. The molecule has 0 aliphatic carbocycles. The quantitative estimate of drug-likeness (QED) is 0.546. The molecule has 0 atom stereocenters. The van der Waals surface area contributed by atoms with Crippen molar-refractivity contribution in [2.45, 2.75) is 20.8 Å². The molecule has 0 aromatic rings. The minimum atomic E-state index is -1.82. The summed E-state index contributed by atoms with van der Waals surface area (Å²) in [5.41, 5.74) is 0. The summed E-state index contributed by atoms with van der Waals surface area (Å²) >= 11 is 0. The first kappa shape index (κ1) is 14.9. The summed E-state index contributed by atoms with van der Waals surface area (Å²) in [5, 5.41) is 14.8. The zero-order valence-corrected chi connectivity index (χ0v) is 9.17. The van der Waals surface area contributed by atoms with Crippen LogP contribution in [0.25, 0.3) is 0 Å². The monoisotopic (exact) mass is 208 g/mol. The molecule has 0 saturated heterocycles. The van der Waals surface area contributed by atoms with Crippen molar-refractivity contribution in [1.29, 1.82) is 0 Å². The minimum Gasteiger partial charge on any atom is -0.473 e. The molecule has 0 unspecified atom stereocenters. The van der Waals surface area contributed by atoms with Crippen LogP contribution in [0.3, 0.4) is 0 Å². The SMILES string of the molecule is CCP(CC)CC.O=C(O)C(=O)O. The molecule has 5 heteroatoms. The van der Waals surface area contributed by atoms with Gasteiger partial charge in [-0.1, -0.05) is 20.8 Å². The fraction of sp³-hybridized carbons (Fsp3) is 0.750. The lowest BCUT2D eigenvalue weighted by Crippen LogP contribution is -2.09. The van der Waals surface area contributed by atoms with E-state index in [0.29, 0.717) is 7.92 Å². The molecule has 78 valence electrons. The van der Waals surface area contributed by atoms with Crippen molar-refractivity contribution < 1.29 is 19.8 Å². The van der Waals surface area contributed by atoms with Crippen LogP contribution in [-0.2, 0) is 9.59 Å². The Morgan fingerprint density at radius 3 is 1.15 bits per heavy atom. The lowest BCUT2D eigenvalue weighted by atomic mass is 10.7. The molecule has 2 N–H and O–H groups in total. The Bertz CT molecular complexity index is 137. The average molecular weight is 208 g/mol. The van der Waals surface area contributed by atoms with E-state index < -0.39 is 11.9 Å². The van der Waals surface area contributed by atoms with Crippen LogP contribution in [0.4, 0.5) is 0 Å². The van der Waals surface area contributed by atoms with Crippen LogP contribution < -0.4 is 0 Å². The first-order valence-corrected chi connectivity index (χ1v) is 6.07. The van der Waals surface area contributed by atoms with Crippen LogP contribution in [0, 0.1) is 0 Å². The summed E-state index contributed by atoms with van der Waals surface area (Å²) < 4.78 is 0. The zero-order valence-electron chi connectivity index (χ0n) is 8.28. The van der Waals surface area contributed by atoms with E-state index in [1.54, 1.807) is 0 Å². The van der Waals surface area contributed by atoms with E-state index in [2.05, 4.69) is 20.8 Å². The molecule has 0 bridgehead atoms. The van der Waals surface area contributed by atoms with Crippen molar-refractivity contribution in [3.8, 4) is 0 Å². The van der Waals surface area contributed by atoms with Crippen molar-refractivity contribution in [3.05, 3.63) is 0 Å². The van der Waals surface area contributed by atoms with Gasteiger partial charge in [-0.25, -0.2) is 9.59 Å². The highest BCUT2D eigenvalue weighted by Crippen LogP contribution is 2.32. The van der Waals surface area contributed by atoms with Gasteiger partial charge < -0.3 is 10.2 Å². The summed E-state index contributed by atoms with van der Waals surface area (Å²) in [5.74, 6) is -3.65. The Morgan fingerprint density at radius 1 is 0.923 bits per heavy atom. The van der Waals surface area contributed by atoms with Gasteiger partial charge in [-0.2, -0.15) is 0 Å². The van der Waals surface area contributed by atoms with Crippen molar-refractivity contribution in [3.63, 3.8) is 0 Å². The van der Waals surface area contributed by atoms with Gasteiger partial charge in [0.15, 0.2) is 0 Å². The molecule has 0 radical (unpaired) electrons. The first-order valence-electron chi connectivity index (χ1n) is 4.18. The molecule has 0 heterocycles. The van der Waals surface area contributed by atoms with Crippen molar-refractivity contribution in [2.75, 3.05) is 18.5 Å². The second-order valence-corrected chi connectivity index (χ2v) is 5.47. The van der Waals surface area contributed by atoms with E-state index in [-0.39, 0.29) is 0 Å². The molecule has 0 amide bonds.